The largest absolute Gasteiger partial charge is 0.484 e. The second kappa shape index (κ2) is 8.14. The van der Waals surface area contributed by atoms with Crippen molar-refractivity contribution in [2.24, 2.45) is 5.73 Å². The van der Waals surface area contributed by atoms with Gasteiger partial charge >= 0.3 is 0 Å². The smallest absolute Gasteiger partial charge is 0.255 e. The number of benzene rings is 2. The zero-order valence-electron chi connectivity index (χ0n) is 12.7. The number of hydrogen-bond donors (Lipinski definition) is 2. The third kappa shape index (κ3) is 5.52. The first-order valence-corrected chi connectivity index (χ1v) is 8.98. The summed E-state index contributed by atoms with van der Waals surface area (Å²) >= 11 is 5.75. The maximum Gasteiger partial charge on any atom is 0.255 e. The summed E-state index contributed by atoms with van der Waals surface area (Å²) in [6.07, 6.45) is 0.517. The molecule has 0 saturated carbocycles. The molecule has 0 unspecified atom stereocenters. The first-order chi connectivity index (χ1) is 11.4. The van der Waals surface area contributed by atoms with Gasteiger partial charge in [0.1, 0.15) is 5.75 Å². The van der Waals surface area contributed by atoms with E-state index >= 15 is 0 Å². The monoisotopic (exact) mass is 368 g/mol. The zero-order valence-corrected chi connectivity index (χ0v) is 14.3. The third-order valence-corrected chi connectivity index (χ3v) is 4.86. The Labute approximate surface area is 145 Å². The fraction of sp³-hybridized carbons (Fsp3) is 0.188. The van der Waals surface area contributed by atoms with E-state index in [1.807, 2.05) is 0 Å². The zero-order chi connectivity index (χ0) is 17.6. The van der Waals surface area contributed by atoms with E-state index in [4.69, 9.17) is 22.1 Å². The van der Waals surface area contributed by atoms with Gasteiger partial charge in [0.25, 0.3) is 5.91 Å². The van der Waals surface area contributed by atoms with Gasteiger partial charge in [0.2, 0.25) is 10.0 Å². The summed E-state index contributed by atoms with van der Waals surface area (Å²) in [5.41, 5.74) is 5.93. The summed E-state index contributed by atoms with van der Waals surface area (Å²) in [5.74, 6) is -0.0185. The minimum absolute atomic E-state index is 0.169. The lowest BCUT2D eigenvalue weighted by atomic mass is 10.1. The average molecular weight is 369 g/mol. The SMILES string of the molecule is NC(=O)COc1ccc(CCNS(=O)(=O)c2ccc(Cl)cc2)cc1. The van der Waals surface area contributed by atoms with Gasteiger partial charge in [0.15, 0.2) is 6.61 Å². The quantitative estimate of drug-likeness (QED) is 0.741. The predicted molar refractivity (Wildman–Crippen MR) is 91.5 cm³/mol. The van der Waals surface area contributed by atoms with Crippen molar-refractivity contribution in [1.82, 2.24) is 4.72 Å². The van der Waals surface area contributed by atoms with Crippen LogP contribution >= 0.6 is 11.6 Å². The maximum atomic E-state index is 12.1. The number of primary amides is 1. The van der Waals surface area contributed by atoms with Gasteiger partial charge in [-0.3, -0.25) is 4.79 Å². The number of sulfonamides is 1. The molecule has 0 saturated heterocycles. The van der Waals surface area contributed by atoms with E-state index < -0.39 is 15.9 Å². The summed E-state index contributed by atoms with van der Waals surface area (Å²) in [6, 6.07) is 13.0. The molecule has 0 aliphatic heterocycles. The van der Waals surface area contributed by atoms with Crippen molar-refractivity contribution < 1.29 is 17.9 Å². The van der Waals surface area contributed by atoms with Gasteiger partial charge in [-0.25, -0.2) is 13.1 Å². The standard InChI is InChI=1S/C16H17ClN2O4S/c17-13-3-7-15(8-4-13)24(21,22)19-10-9-12-1-5-14(6-2-12)23-11-16(18)20/h1-8,19H,9-11H2,(H2,18,20). The lowest BCUT2D eigenvalue weighted by molar-refractivity contribution is -0.119. The van der Waals surface area contributed by atoms with Crippen LogP contribution in [0.1, 0.15) is 5.56 Å². The van der Waals surface area contributed by atoms with E-state index in [1.165, 1.54) is 24.3 Å². The molecule has 128 valence electrons. The first-order valence-electron chi connectivity index (χ1n) is 7.12. The lowest BCUT2D eigenvalue weighted by Crippen LogP contribution is -2.25. The highest BCUT2D eigenvalue weighted by molar-refractivity contribution is 7.89. The van der Waals surface area contributed by atoms with Crippen molar-refractivity contribution in [2.75, 3.05) is 13.2 Å². The summed E-state index contributed by atoms with van der Waals surface area (Å²) in [7, 11) is -3.56. The molecule has 3 N–H and O–H groups in total. The normalized spacial score (nSPS) is 11.2. The highest BCUT2D eigenvalue weighted by Gasteiger charge is 2.12. The van der Waals surface area contributed by atoms with Crippen LogP contribution in [0, 0.1) is 0 Å². The van der Waals surface area contributed by atoms with Crippen LogP contribution < -0.4 is 15.2 Å². The van der Waals surface area contributed by atoms with E-state index in [2.05, 4.69) is 4.72 Å². The van der Waals surface area contributed by atoms with E-state index in [1.54, 1.807) is 24.3 Å². The Morgan fingerprint density at radius 1 is 1.08 bits per heavy atom. The Morgan fingerprint density at radius 3 is 2.29 bits per heavy atom. The van der Waals surface area contributed by atoms with Crippen molar-refractivity contribution in [3.05, 3.63) is 59.1 Å². The highest BCUT2D eigenvalue weighted by atomic mass is 35.5. The van der Waals surface area contributed by atoms with Gasteiger partial charge in [-0.2, -0.15) is 0 Å². The van der Waals surface area contributed by atoms with Gasteiger partial charge in [-0.05, 0) is 48.4 Å². The lowest BCUT2D eigenvalue weighted by Gasteiger charge is -2.08. The second-order valence-electron chi connectivity index (χ2n) is 5.00. The Hall–Kier alpha value is -2.09. The van der Waals surface area contributed by atoms with Crippen molar-refractivity contribution >= 4 is 27.5 Å². The molecule has 0 radical (unpaired) electrons. The molecule has 0 aliphatic carbocycles. The number of amides is 1. The molecule has 1 amide bonds. The Morgan fingerprint density at radius 2 is 1.71 bits per heavy atom. The first kappa shape index (κ1) is 18.3. The molecule has 2 aromatic rings. The van der Waals surface area contributed by atoms with Crippen LogP contribution in [0.3, 0.4) is 0 Å². The Bertz CT molecular complexity index is 790. The number of carbonyl (C=O) groups excluding carboxylic acids is 1. The van der Waals surface area contributed by atoms with Gasteiger partial charge in [-0.1, -0.05) is 23.7 Å². The van der Waals surface area contributed by atoms with Crippen LogP contribution in [0.4, 0.5) is 0 Å². The molecular weight excluding hydrogens is 352 g/mol. The minimum Gasteiger partial charge on any atom is -0.484 e. The second-order valence-corrected chi connectivity index (χ2v) is 7.20. The number of carbonyl (C=O) groups is 1. The van der Waals surface area contributed by atoms with Crippen LogP contribution in [0.15, 0.2) is 53.4 Å². The van der Waals surface area contributed by atoms with E-state index in [9.17, 15) is 13.2 Å². The number of ether oxygens (including phenoxy) is 1. The van der Waals surface area contributed by atoms with Crippen LogP contribution in [-0.2, 0) is 21.2 Å². The molecule has 0 bridgehead atoms. The van der Waals surface area contributed by atoms with Gasteiger partial charge in [0.05, 0.1) is 4.90 Å². The van der Waals surface area contributed by atoms with Crippen LogP contribution in [0.5, 0.6) is 5.75 Å². The molecule has 0 spiro atoms. The van der Waals surface area contributed by atoms with E-state index in [0.717, 1.165) is 5.56 Å². The summed E-state index contributed by atoms with van der Waals surface area (Å²) < 4.78 is 31.9. The molecule has 2 rings (SSSR count). The van der Waals surface area contributed by atoms with Crippen LogP contribution in [0.25, 0.3) is 0 Å². The molecule has 6 nitrogen and oxygen atoms in total. The average Bonchev–Trinajstić information content (AvgIpc) is 2.54. The Balaban J connectivity index is 1.87. The molecule has 0 aromatic heterocycles. The van der Waals surface area contributed by atoms with Crippen LogP contribution in [0.2, 0.25) is 5.02 Å². The molecule has 8 heteroatoms. The van der Waals surface area contributed by atoms with E-state index in [0.29, 0.717) is 17.2 Å². The van der Waals surface area contributed by atoms with Crippen molar-refractivity contribution in [2.45, 2.75) is 11.3 Å². The van der Waals surface area contributed by atoms with Crippen LogP contribution in [-0.4, -0.2) is 27.5 Å². The molecule has 2 aromatic carbocycles. The maximum absolute atomic E-state index is 12.1. The third-order valence-electron chi connectivity index (χ3n) is 3.13. The number of nitrogens with two attached hydrogens (primary N) is 1. The van der Waals surface area contributed by atoms with Gasteiger partial charge < -0.3 is 10.5 Å². The molecular formula is C16H17ClN2O4S. The summed E-state index contributed by atoms with van der Waals surface area (Å²) in [5, 5.41) is 0.479. The van der Waals surface area contributed by atoms with Crippen molar-refractivity contribution in [1.29, 1.82) is 0 Å². The molecule has 0 atom stereocenters. The fourth-order valence-electron chi connectivity index (χ4n) is 1.93. The minimum atomic E-state index is -3.56. The topological polar surface area (TPSA) is 98.5 Å². The molecule has 0 heterocycles. The Kier molecular flexibility index (Phi) is 6.19. The van der Waals surface area contributed by atoms with Gasteiger partial charge in [-0.15, -0.1) is 0 Å². The molecule has 0 aliphatic rings. The number of nitrogens with one attached hydrogen (secondary N) is 1. The number of halogens is 1. The summed E-state index contributed by atoms with van der Waals surface area (Å²) in [6.45, 7) is 0.0761. The van der Waals surface area contributed by atoms with Gasteiger partial charge in [0, 0.05) is 11.6 Å². The highest BCUT2D eigenvalue weighted by Crippen LogP contribution is 2.15. The van der Waals surface area contributed by atoms with Crippen molar-refractivity contribution in [3.63, 3.8) is 0 Å². The molecule has 24 heavy (non-hydrogen) atoms. The molecule has 0 fully saturated rings. The number of rotatable bonds is 8. The number of hydrogen-bond acceptors (Lipinski definition) is 4. The predicted octanol–water partition coefficient (Wildman–Crippen LogP) is 1.73. The van der Waals surface area contributed by atoms with Crippen molar-refractivity contribution in [3.8, 4) is 5.75 Å². The van der Waals surface area contributed by atoms with E-state index in [-0.39, 0.29) is 18.0 Å². The summed E-state index contributed by atoms with van der Waals surface area (Å²) in [4.78, 5) is 10.8. The fourth-order valence-corrected chi connectivity index (χ4v) is 3.09.